The largest absolute Gasteiger partial charge is 0.355 e. The Labute approximate surface area is 105 Å². The summed E-state index contributed by atoms with van der Waals surface area (Å²) in [5.41, 5.74) is 0.852. The summed E-state index contributed by atoms with van der Waals surface area (Å²) in [6, 6.07) is 8.65. The van der Waals surface area contributed by atoms with Gasteiger partial charge in [0.25, 0.3) is 0 Å². The van der Waals surface area contributed by atoms with Gasteiger partial charge in [-0.05, 0) is 31.5 Å². The highest BCUT2D eigenvalue weighted by molar-refractivity contribution is 9.10. The van der Waals surface area contributed by atoms with Gasteiger partial charge in [0.15, 0.2) is 0 Å². The first-order valence-electron chi connectivity index (χ1n) is 4.78. The van der Waals surface area contributed by atoms with Crippen molar-refractivity contribution >= 4 is 28.3 Å². The van der Waals surface area contributed by atoms with E-state index in [4.69, 9.17) is 4.74 Å². The SMILES string of the molecule is CC1COC(C)(c2ccc(Br)cc2)N1.Cl. The van der Waals surface area contributed by atoms with Crippen LogP contribution in [0.5, 0.6) is 0 Å². The predicted octanol–water partition coefficient (Wildman–Crippen LogP) is 3.05. The van der Waals surface area contributed by atoms with Gasteiger partial charge in [-0.1, -0.05) is 28.1 Å². The normalized spacial score (nSPS) is 29.9. The molecule has 2 rings (SSSR count). The number of hydrogen-bond donors (Lipinski definition) is 1. The molecule has 0 aromatic heterocycles. The Balaban J connectivity index is 0.00000112. The molecule has 0 saturated carbocycles. The van der Waals surface area contributed by atoms with Crippen molar-refractivity contribution in [2.75, 3.05) is 6.61 Å². The molecular formula is C11H15BrClNO. The molecule has 1 aliphatic rings. The fraction of sp³-hybridized carbons (Fsp3) is 0.455. The molecule has 0 bridgehead atoms. The number of rotatable bonds is 1. The fourth-order valence-corrected chi connectivity index (χ4v) is 2.04. The summed E-state index contributed by atoms with van der Waals surface area (Å²) in [4.78, 5) is 0. The highest BCUT2D eigenvalue weighted by atomic mass is 79.9. The Bertz CT molecular complexity index is 330. The Kier molecular flexibility index (Phi) is 4.18. The number of benzene rings is 1. The van der Waals surface area contributed by atoms with Crippen molar-refractivity contribution in [3.63, 3.8) is 0 Å². The van der Waals surface area contributed by atoms with E-state index in [1.54, 1.807) is 0 Å². The second-order valence-corrected chi connectivity index (χ2v) is 4.81. The Morgan fingerprint density at radius 2 is 2.00 bits per heavy atom. The molecule has 4 heteroatoms. The summed E-state index contributed by atoms with van der Waals surface area (Å²) < 4.78 is 6.85. The molecule has 0 aliphatic carbocycles. The molecule has 1 N–H and O–H groups in total. The zero-order valence-electron chi connectivity index (χ0n) is 8.79. The standard InChI is InChI=1S/C11H14BrNO.ClH/c1-8-7-14-11(2,13-8)9-3-5-10(12)6-4-9;/h3-6,8,13H,7H2,1-2H3;1H. The molecule has 2 unspecified atom stereocenters. The maximum absolute atomic E-state index is 5.75. The summed E-state index contributed by atoms with van der Waals surface area (Å²) in [5.74, 6) is 0. The summed E-state index contributed by atoms with van der Waals surface area (Å²) in [6.07, 6.45) is 0. The minimum Gasteiger partial charge on any atom is -0.355 e. The van der Waals surface area contributed by atoms with Crippen molar-refractivity contribution in [3.05, 3.63) is 34.3 Å². The number of nitrogens with one attached hydrogen (secondary N) is 1. The molecule has 0 amide bonds. The monoisotopic (exact) mass is 291 g/mol. The molecule has 1 saturated heterocycles. The van der Waals surface area contributed by atoms with E-state index in [9.17, 15) is 0 Å². The first-order valence-corrected chi connectivity index (χ1v) is 5.57. The third kappa shape index (κ3) is 2.72. The highest BCUT2D eigenvalue weighted by Gasteiger charge is 2.34. The van der Waals surface area contributed by atoms with Gasteiger partial charge in [0.2, 0.25) is 0 Å². The molecule has 0 radical (unpaired) electrons. The maximum atomic E-state index is 5.75. The van der Waals surface area contributed by atoms with Crippen LogP contribution < -0.4 is 5.32 Å². The van der Waals surface area contributed by atoms with Crippen LogP contribution in [0.3, 0.4) is 0 Å². The average molecular weight is 293 g/mol. The zero-order valence-corrected chi connectivity index (χ0v) is 11.2. The number of halogens is 2. The van der Waals surface area contributed by atoms with Crippen LogP contribution in [0.2, 0.25) is 0 Å². The summed E-state index contributed by atoms with van der Waals surface area (Å²) in [7, 11) is 0. The molecule has 15 heavy (non-hydrogen) atoms. The lowest BCUT2D eigenvalue weighted by atomic mass is 10.1. The van der Waals surface area contributed by atoms with Gasteiger partial charge in [-0.15, -0.1) is 12.4 Å². The average Bonchev–Trinajstić information content (AvgIpc) is 2.48. The lowest BCUT2D eigenvalue weighted by Crippen LogP contribution is -2.37. The molecule has 2 atom stereocenters. The van der Waals surface area contributed by atoms with Crippen LogP contribution in [-0.2, 0) is 10.5 Å². The third-order valence-corrected chi connectivity index (χ3v) is 3.07. The van der Waals surface area contributed by atoms with E-state index in [1.165, 1.54) is 5.56 Å². The van der Waals surface area contributed by atoms with Crippen molar-refractivity contribution in [3.8, 4) is 0 Å². The van der Waals surface area contributed by atoms with Gasteiger partial charge in [0.1, 0.15) is 5.72 Å². The summed E-state index contributed by atoms with van der Waals surface area (Å²) in [6.45, 7) is 4.97. The topological polar surface area (TPSA) is 21.3 Å². The van der Waals surface area contributed by atoms with Gasteiger partial charge >= 0.3 is 0 Å². The van der Waals surface area contributed by atoms with E-state index in [2.05, 4.69) is 47.2 Å². The minimum atomic E-state index is -0.319. The molecule has 1 fully saturated rings. The van der Waals surface area contributed by atoms with Crippen LogP contribution in [-0.4, -0.2) is 12.6 Å². The van der Waals surface area contributed by atoms with E-state index < -0.39 is 0 Å². The molecular weight excluding hydrogens is 277 g/mol. The van der Waals surface area contributed by atoms with E-state index in [0.717, 1.165) is 11.1 Å². The minimum absolute atomic E-state index is 0. The second-order valence-electron chi connectivity index (χ2n) is 3.90. The molecule has 84 valence electrons. The molecule has 1 aromatic carbocycles. The van der Waals surface area contributed by atoms with Crippen LogP contribution in [0.4, 0.5) is 0 Å². The molecule has 1 aromatic rings. The van der Waals surface area contributed by atoms with Crippen molar-refractivity contribution in [1.82, 2.24) is 5.32 Å². The van der Waals surface area contributed by atoms with Crippen LogP contribution in [0, 0.1) is 0 Å². The van der Waals surface area contributed by atoms with Crippen molar-refractivity contribution in [1.29, 1.82) is 0 Å². The fourth-order valence-electron chi connectivity index (χ4n) is 1.78. The first-order chi connectivity index (χ1) is 6.60. The number of hydrogen-bond acceptors (Lipinski definition) is 2. The Hall–Kier alpha value is -0.0900. The molecule has 1 heterocycles. The maximum Gasteiger partial charge on any atom is 0.142 e. The van der Waals surface area contributed by atoms with Crippen molar-refractivity contribution in [2.45, 2.75) is 25.6 Å². The summed E-state index contributed by atoms with van der Waals surface area (Å²) in [5, 5.41) is 3.43. The van der Waals surface area contributed by atoms with Gasteiger partial charge in [-0.25, -0.2) is 0 Å². The highest BCUT2D eigenvalue weighted by Crippen LogP contribution is 2.28. The predicted molar refractivity (Wildman–Crippen MR) is 67.3 cm³/mol. The molecule has 2 nitrogen and oxygen atoms in total. The zero-order chi connectivity index (χ0) is 10.2. The van der Waals surface area contributed by atoms with Crippen molar-refractivity contribution in [2.24, 2.45) is 0 Å². The van der Waals surface area contributed by atoms with Gasteiger partial charge in [-0.2, -0.15) is 0 Å². The van der Waals surface area contributed by atoms with E-state index in [1.807, 2.05) is 12.1 Å². The number of ether oxygens (including phenoxy) is 1. The smallest absolute Gasteiger partial charge is 0.142 e. The second kappa shape index (κ2) is 4.83. The van der Waals surface area contributed by atoms with Gasteiger partial charge in [0.05, 0.1) is 6.61 Å². The van der Waals surface area contributed by atoms with Gasteiger partial charge in [0, 0.05) is 10.5 Å². The van der Waals surface area contributed by atoms with Gasteiger partial charge < -0.3 is 4.74 Å². The van der Waals surface area contributed by atoms with Crippen molar-refractivity contribution < 1.29 is 4.74 Å². The first kappa shape index (κ1) is 13.0. The van der Waals surface area contributed by atoms with Crippen LogP contribution in [0.25, 0.3) is 0 Å². The van der Waals surface area contributed by atoms with Crippen LogP contribution in [0.1, 0.15) is 19.4 Å². The Morgan fingerprint density at radius 3 is 2.47 bits per heavy atom. The van der Waals surface area contributed by atoms with Crippen LogP contribution in [0.15, 0.2) is 28.7 Å². The lowest BCUT2D eigenvalue weighted by Gasteiger charge is -2.24. The Morgan fingerprint density at radius 1 is 1.40 bits per heavy atom. The van der Waals surface area contributed by atoms with Gasteiger partial charge in [-0.3, -0.25) is 5.32 Å². The quantitative estimate of drug-likeness (QED) is 0.859. The third-order valence-electron chi connectivity index (χ3n) is 2.54. The lowest BCUT2D eigenvalue weighted by molar-refractivity contribution is 0.00236. The van der Waals surface area contributed by atoms with E-state index in [0.29, 0.717) is 6.04 Å². The van der Waals surface area contributed by atoms with Crippen LogP contribution >= 0.6 is 28.3 Å². The van der Waals surface area contributed by atoms with E-state index >= 15 is 0 Å². The molecule has 1 aliphatic heterocycles. The summed E-state index contributed by atoms with van der Waals surface area (Å²) >= 11 is 3.42. The molecule has 0 spiro atoms. The van der Waals surface area contributed by atoms with E-state index in [-0.39, 0.29) is 18.1 Å².